The third-order valence-corrected chi connectivity index (χ3v) is 0.886. The van der Waals surface area contributed by atoms with Crippen molar-refractivity contribution in [1.29, 1.82) is 0 Å². The van der Waals surface area contributed by atoms with Gasteiger partial charge in [0.05, 0.1) is 6.21 Å². The van der Waals surface area contributed by atoms with Gasteiger partial charge in [0.1, 0.15) is 11.5 Å². The summed E-state index contributed by atoms with van der Waals surface area (Å²) in [4.78, 5) is 33.8. The lowest BCUT2D eigenvalue weighted by molar-refractivity contribution is -0.115. The van der Waals surface area contributed by atoms with Gasteiger partial charge in [-0.2, -0.15) is 0 Å². The lowest BCUT2D eigenvalue weighted by atomic mass is 10.3. The molecule has 1 N–H and O–H groups in total. The van der Waals surface area contributed by atoms with Gasteiger partial charge < -0.3 is 0 Å². The minimum Gasteiger partial charge on any atom is -0.271 e. The molecule has 1 aliphatic heterocycles. The monoisotopic (exact) mass is 138 g/mol. The molecular formula is C5H2N2O3. The number of carbonyl (C=O) groups is 2. The molecule has 0 aromatic rings. The molecule has 1 aliphatic rings. The summed E-state index contributed by atoms with van der Waals surface area (Å²) in [6, 6.07) is -0.760. The number of aliphatic imine (C=N–C) groups is 1. The maximum Gasteiger partial charge on any atom is 0.347 e. The first-order valence-electron chi connectivity index (χ1n) is 2.38. The molecule has 0 fully saturated rings. The van der Waals surface area contributed by atoms with Gasteiger partial charge in [-0.1, -0.05) is 0 Å². The molecule has 3 amide bonds. The highest BCUT2D eigenvalue weighted by molar-refractivity contribution is 6.26. The van der Waals surface area contributed by atoms with Gasteiger partial charge in [-0.25, -0.2) is 14.6 Å². The van der Waals surface area contributed by atoms with Gasteiger partial charge in [0.2, 0.25) is 0 Å². The van der Waals surface area contributed by atoms with E-state index in [1.807, 2.05) is 0 Å². The zero-order valence-electron chi connectivity index (χ0n) is 4.75. The summed E-state index contributed by atoms with van der Waals surface area (Å²) in [5.74, 6) is 0.573. The SMILES string of the molecule is O=C=C1C=NC(=O)NC1=O. The van der Waals surface area contributed by atoms with E-state index >= 15 is 0 Å². The van der Waals surface area contributed by atoms with Crippen LogP contribution in [0.4, 0.5) is 4.79 Å². The van der Waals surface area contributed by atoms with Crippen LogP contribution in [0.1, 0.15) is 0 Å². The second-order valence-corrected chi connectivity index (χ2v) is 1.53. The van der Waals surface area contributed by atoms with E-state index in [0.717, 1.165) is 6.21 Å². The fourth-order valence-corrected chi connectivity index (χ4v) is 0.451. The van der Waals surface area contributed by atoms with Crippen LogP contribution in [0, 0.1) is 0 Å². The molecule has 0 bridgehead atoms. The molecule has 1 heterocycles. The van der Waals surface area contributed by atoms with Crippen LogP contribution in [-0.4, -0.2) is 24.1 Å². The molecule has 0 spiro atoms. The normalized spacial score (nSPS) is 16.6. The number of amides is 3. The van der Waals surface area contributed by atoms with Crippen molar-refractivity contribution in [3.63, 3.8) is 0 Å². The quantitative estimate of drug-likeness (QED) is 0.347. The van der Waals surface area contributed by atoms with Crippen molar-refractivity contribution in [2.45, 2.75) is 0 Å². The molecule has 0 unspecified atom stereocenters. The van der Waals surface area contributed by atoms with Crippen molar-refractivity contribution < 1.29 is 14.4 Å². The van der Waals surface area contributed by atoms with Crippen molar-refractivity contribution in [3.8, 4) is 0 Å². The second kappa shape index (κ2) is 2.24. The number of rotatable bonds is 0. The zero-order chi connectivity index (χ0) is 7.56. The molecule has 0 aromatic carbocycles. The molecular weight excluding hydrogens is 136 g/mol. The third-order valence-electron chi connectivity index (χ3n) is 0.886. The van der Waals surface area contributed by atoms with Crippen molar-refractivity contribution in [1.82, 2.24) is 5.32 Å². The van der Waals surface area contributed by atoms with Crippen molar-refractivity contribution in [2.24, 2.45) is 4.99 Å². The van der Waals surface area contributed by atoms with Gasteiger partial charge in [0, 0.05) is 0 Å². The Bertz CT molecular complexity index is 273. The highest BCUT2D eigenvalue weighted by Crippen LogP contribution is 1.91. The van der Waals surface area contributed by atoms with E-state index in [-0.39, 0.29) is 5.57 Å². The summed E-state index contributed by atoms with van der Waals surface area (Å²) in [5.41, 5.74) is -0.264. The summed E-state index contributed by atoms with van der Waals surface area (Å²) in [7, 11) is 0. The Balaban J connectivity index is 3.04. The van der Waals surface area contributed by atoms with E-state index in [9.17, 15) is 14.4 Å². The fourth-order valence-electron chi connectivity index (χ4n) is 0.451. The first-order chi connectivity index (χ1) is 4.74. The summed E-state index contributed by atoms with van der Waals surface area (Å²) in [6.45, 7) is 0. The number of hydrogen-bond acceptors (Lipinski definition) is 3. The lowest BCUT2D eigenvalue weighted by Gasteiger charge is -2.01. The maximum absolute atomic E-state index is 10.5. The predicted octanol–water partition coefficient (Wildman–Crippen LogP) is -0.935. The lowest BCUT2D eigenvalue weighted by Crippen LogP contribution is -2.33. The average molecular weight is 138 g/mol. The van der Waals surface area contributed by atoms with E-state index in [0.29, 0.717) is 0 Å². The largest absolute Gasteiger partial charge is 0.347 e. The molecule has 0 radical (unpaired) electrons. The van der Waals surface area contributed by atoms with Gasteiger partial charge in [-0.05, 0) is 0 Å². The van der Waals surface area contributed by atoms with Crippen LogP contribution in [0.25, 0.3) is 0 Å². The van der Waals surface area contributed by atoms with Gasteiger partial charge in [0.25, 0.3) is 5.91 Å². The van der Waals surface area contributed by atoms with Gasteiger partial charge >= 0.3 is 6.03 Å². The third kappa shape index (κ3) is 0.985. The first-order valence-corrected chi connectivity index (χ1v) is 2.38. The number of hydrogen-bond donors (Lipinski definition) is 1. The zero-order valence-corrected chi connectivity index (χ0v) is 4.75. The minimum absolute atomic E-state index is 0.264. The molecule has 5 nitrogen and oxygen atoms in total. The van der Waals surface area contributed by atoms with Crippen LogP contribution in [0.3, 0.4) is 0 Å². The Morgan fingerprint density at radius 3 is 2.70 bits per heavy atom. The topological polar surface area (TPSA) is 75.6 Å². The van der Waals surface area contributed by atoms with E-state index in [1.165, 1.54) is 5.94 Å². The standard InChI is InChI=1S/C5H2N2O3/c8-2-3-1-6-5(10)7-4(3)9/h1H,(H,7,9,10). The van der Waals surface area contributed by atoms with E-state index < -0.39 is 11.9 Å². The Morgan fingerprint density at radius 2 is 2.20 bits per heavy atom. The highest BCUT2D eigenvalue weighted by atomic mass is 16.2. The average Bonchev–Trinajstić information content (AvgIpc) is 1.88. The molecule has 10 heavy (non-hydrogen) atoms. The molecule has 5 heteroatoms. The Hall–Kier alpha value is -1.74. The summed E-state index contributed by atoms with van der Waals surface area (Å²) < 4.78 is 0. The van der Waals surface area contributed by atoms with Crippen LogP contribution >= 0.6 is 0 Å². The number of nitrogens with one attached hydrogen (secondary N) is 1. The van der Waals surface area contributed by atoms with Crippen LogP contribution < -0.4 is 5.32 Å². The van der Waals surface area contributed by atoms with Crippen LogP contribution in [0.15, 0.2) is 10.6 Å². The van der Waals surface area contributed by atoms with Gasteiger partial charge in [-0.3, -0.25) is 10.1 Å². The second-order valence-electron chi connectivity index (χ2n) is 1.53. The molecule has 50 valence electrons. The maximum atomic E-state index is 10.5. The number of urea groups is 1. The molecule has 0 saturated carbocycles. The molecule has 1 rings (SSSR count). The highest BCUT2D eigenvalue weighted by Gasteiger charge is 2.16. The van der Waals surface area contributed by atoms with Crippen molar-refractivity contribution in [2.75, 3.05) is 0 Å². The van der Waals surface area contributed by atoms with E-state index in [4.69, 9.17) is 0 Å². The number of carbonyl (C=O) groups excluding carboxylic acids is 3. The fraction of sp³-hybridized carbons (Fsp3) is 0. The van der Waals surface area contributed by atoms with Crippen LogP contribution in [0.2, 0.25) is 0 Å². The van der Waals surface area contributed by atoms with E-state index in [1.54, 1.807) is 5.32 Å². The smallest absolute Gasteiger partial charge is 0.271 e. The van der Waals surface area contributed by atoms with Gasteiger partial charge in [0.15, 0.2) is 0 Å². The molecule has 0 aromatic heterocycles. The predicted molar refractivity (Wildman–Crippen MR) is 31.2 cm³/mol. The van der Waals surface area contributed by atoms with Crippen molar-refractivity contribution >= 4 is 24.1 Å². The number of imide groups is 1. The Labute approximate surface area is 55.4 Å². The number of nitrogens with zero attached hydrogens (tertiary/aromatic N) is 1. The van der Waals surface area contributed by atoms with Crippen LogP contribution in [-0.2, 0) is 9.59 Å². The minimum atomic E-state index is -0.760. The summed E-state index contributed by atoms with van der Waals surface area (Å²) >= 11 is 0. The Morgan fingerprint density at radius 1 is 1.50 bits per heavy atom. The van der Waals surface area contributed by atoms with Crippen molar-refractivity contribution in [3.05, 3.63) is 5.57 Å². The Kier molecular flexibility index (Phi) is 1.43. The molecule has 0 saturated heterocycles. The van der Waals surface area contributed by atoms with Gasteiger partial charge in [-0.15, -0.1) is 0 Å². The first kappa shape index (κ1) is 6.38. The molecule has 0 atom stereocenters. The van der Waals surface area contributed by atoms with E-state index in [2.05, 4.69) is 4.99 Å². The van der Waals surface area contributed by atoms with Crippen LogP contribution in [0.5, 0.6) is 0 Å². The summed E-state index contributed by atoms with van der Waals surface area (Å²) in [6.07, 6.45) is 0.883. The summed E-state index contributed by atoms with van der Waals surface area (Å²) in [5, 5.41) is 1.80. The molecule has 0 aliphatic carbocycles.